The molecular weight excluding hydrogens is 232 g/mol. The number of esters is 1. The van der Waals surface area contributed by atoms with Gasteiger partial charge in [0.05, 0.1) is 19.1 Å². The minimum atomic E-state index is -0.581. The van der Waals surface area contributed by atoms with E-state index < -0.39 is 5.60 Å². The maximum Gasteiger partial charge on any atom is 0.306 e. The summed E-state index contributed by atoms with van der Waals surface area (Å²) in [6.45, 7) is 9.42. The lowest BCUT2D eigenvalue weighted by Crippen LogP contribution is -2.47. The smallest absolute Gasteiger partial charge is 0.306 e. The highest BCUT2D eigenvalue weighted by Gasteiger charge is 2.20. The average Bonchev–Trinajstić information content (AvgIpc) is 2.33. The number of aliphatic hydroxyl groups is 1. The van der Waals surface area contributed by atoms with Crippen molar-refractivity contribution >= 4 is 5.97 Å². The number of hydrogen-bond donors (Lipinski definition) is 1. The van der Waals surface area contributed by atoms with E-state index in [0.29, 0.717) is 6.42 Å². The first-order chi connectivity index (χ1) is 8.40. The SMILES string of the molecule is COC(=O)CCN1CCN(CCC(C)(C)O)CC1. The van der Waals surface area contributed by atoms with E-state index >= 15 is 0 Å². The topological polar surface area (TPSA) is 53.0 Å². The van der Waals surface area contributed by atoms with Crippen molar-refractivity contribution in [3.8, 4) is 0 Å². The molecule has 1 aliphatic rings. The lowest BCUT2D eigenvalue weighted by atomic mass is 10.1. The second kappa shape index (κ2) is 7.07. The van der Waals surface area contributed by atoms with Crippen molar-refractivity contribution in [1.29, 1.82) is 0 Å². The Labute approximate surface area is 110 Å². The van der Waals surface area contributed by atoms with Crippen LogP contribution < -0.4 is 0 Å². The third-order valence-electron chi connectivity index (χ3n) is 3.36. The van der Waals surface area contributed by atoms with Crippen molar-refractivity contribution in [2.24, 2.45) is 0 Å². The molecule has 1 aliphatic heterocycles. The molecule has 0 bridgehead atoms. The summed E-state index contributed by atoms with van der Waals surface area (Å²) >= 11 is 0. The molecule has 106 valence electrons. The van der Waals surface area contributed by atoms with Crippen LogP contribution in [0.4, 0.5) is 0 Å². The van der Waals surface area contributed by atoms with Crippen molar-refractivity contribution in [3.63, 3.8) is 0 Å². The van der Waals surface area contributed by atoms with Crippen molar-refractivity contribution < 1.29 is 14.6 Å². The molecule has 0 aromatic rings. The van der Waals surface area contributed by atoms with Gasteiger partial charge in [-0.25, -0.2) is 0 Å². The zero-order valence-corrected chi connectivity index (χ0v) is 11.8. The Balaban J connectivity index is 2.15. The summed E-state index contributed by atoms with van der Waals surface area (Å²) in [4.78, 5) is 15.7. The summed E-state index contributed by atoms with van der Waals surface area (Å²) < 4.78 is 4.63. The van der Waals surface area contributed by atoms with Crippen molar-refractivity contribution in [1.82, 2.24) is 9.80 Å². The molecule has 0 aromatic carbocycles. The van der Waals surface area contributed by atoms with Crippen LogP contribution >= 0.6 is 0 Å². The highest BCUT2D eigenvalue weighted by molar-refractivity contribution is 5.69. The van der Waals surface area contributed by atoms with Crippen molar-refractivity contribution in [3.05, 3.63) is 0 Å². The van der Waals surface area contributed by atoms with E-state index in [1.54, 1.807) is 0 Å². The van der Waals surface area contributed by atoms with Gasteiger partial charge in [0.1, 0.15) is 0 Å². The summed E-state index contributed by atoms with van der Waals surface area (Å²) in [6, 6.07) is 0. The molecule has 5 nitrogen and oxygen atoms in total. The van der Waals surface area contributed by atoms with Gasteiger partial charge in [-0.3, -0.25) is 4.79 Å². The van der Waals surface area contributed by atoms with Crippen LogP contribution in [0, 0.1) is 0 Å². The number of hydrogen-bond acceptors (Lipinski definition) is 5. The molecule has 1 heterocycles. The molecule has 0 radical (unpaired) electrons. The Morgan fingerprint density at radius 3 is 2.11 bits per heavy atom. The number of nitrogens with zero attached hydrogens (tertiary/aromatic N) is 2. The van der Waals surface area contributed by atoms with Crippen LogP contribution in [0.5, 0.6) is 0 Å². The lowest BCUT2D eigenvalue weighted by Gasteiger charge is -2.35. The second-order valence-electron chi connectivity index (χ2n) is 5.57. The molecule has 1 fully saturated rings. The molecule has 0 saturated carbocycles. The maximum absolute atomic E-state index is 11.0. The Morgan fingerprint density at radius 1 is 1.17 bits per heavy atom. The Hall–Kier alpha value is -0.650. The van der Waals surface area contributed by atoms with E-state index in [1.165, 1.54) is 7.11 Å². The van der Waals surface area contributed by atoms with Crippen molar-refractivity contribution in [2.45, 2.75) is 32.3 Å². The molecule has 0 atom stereocenters. The first-order valence-electron chi connectivity index (χ1n) is 6.64. The van der Waals surface area contributed by atoms with Crippen LogP contribution in [-0.4, -0.2) is 72.9 Å². The predicted molar refractivity (Wildman–Crippen MR) is 70.4 cm³/mol. The molecule has 0 aliphatic carbocycles. The van der Waals surface area contributed by atoms with Gasteiger partial charge in [0.15, 0.2) is 0 Å². The van der Waals surface area contributed by atoms with Crippen LogP contribution in [0.15, 0.2) is 0 Å². The molecule has 1 saturated heterocycles. The van der Waals surface area contributed by atoms with E-state index in [1.807, 2.05) is 13.8 Å². The molecule has 0 unspecified atom stereocenters. The fourth-order valence-corrected chi connectivity index (χ4v) is 2.02. The molecule has 0 amide bonds. The molecule has 0 spiro atoms. The molecule has 1 N–H and O–H groups in total. The third kappa shape index (κ3) is 6.33. The highest BCUT2D eigenvalue weighted by Crippen LogP contribution is 2.10. The first-order valence-corrected chi connectivity index (χ1v) is 6.64. The number of piperazine rings is 1. The van der Waals surface area contributed by atoms with Gasteiger partial charge in [-0.1, -0.05) is 0 Å². The van der Waals surface area contributed by atoms with Gasteiger partial charge in [0.2, 0.25) is 0 Å². The summed E-state index contributed by atoms with van der Waals surface area (Å²) in [7, 11) is 1.43. The monoisotopic (exact) mass is 258 g/mol. The third-order valence-corrected chi connectivity index (χ3v) is 3.36. The van der Waals surface area contributed by atoms with Gasteiger partial charge in [0, 0.05) is 39.3 Å². The minimum absolute atomic E-state index is 0.139. The van der Waals surface area contributed by atoms with Crippen LogP contribution in [0.1, 0.15) is 26.7 Å². The fourth-order valence-electron chi connectivity index (χ4n) is 2.02. The standard InChI is InChI=1S/C13H26N2O3/c1-13(2,17)5-7-15-10-8-14(9-11-15)6-4-12(16)18-3/h17H,4-11H2,1-3H3. The van der Waals surface area contributed by atoms with Crippen LogP contribution in [-0.2, 0) is 9.53 Å². The number of carbonyl (C=O) groups excluding carboxylic acids is 1. The maximum atomic E-state index is 11.0. The van der Waals surface area contributed by atoms with Crippen LogP contribution in [0.3, 0.4) is 0 Å². The highest BCUT2D eigenvalue weighted by atomic mass is 16.5. The summed E-state index contributed by atoms with van der Waals surface area (Å²) in [5.41, 5.74) is -0.581. The predicted octanol–water partition coefficient (Wildman–Crippen LogP) is 0.328. The van der Waals surface area contributed by atoms with Crippen LogP contribution in [0.25, 0.3) is 0 Å². The van der Waals surface area contributed by atoms with Gasteiger partial charge in [-0.15, -0.1) is 0 Å². The van der Waals surface area contributed by atoms with Gasteiger partial charge in [0.25, 0.3) is 0 Å². The molecule has 5 heteroatoms. The fraction of sp³-hybridized carbons (Fsp3) is 0.923. The number of rotatable bonds is 6. The second-order valence-corrected chi connectivity index (χ2v) is 5.57. The lowest BCUT2D eigenvalue weighted by molar-refractivity contribution is -0.141. The summed E-state index contributed by atoms with van der Waals surface area (Å²) in [6.07, 6.45) is 1.27. The molecular formula is C13H26N2O3. The minimum Gasteiger partial charge on any atom is -0.469 e. The number of methoxy groups -OCH3 is 1. The zero-order valence-electron chi connectivity index (χ0n) is 11.8. The average molecular weight is 258 g/mol. The Kier molecular flexibility index (Phi) is 6.05. The quantitative estimate of drug-likeness (QED) is 0.696. The van der Waals surface area contributed by atoms with E-state index in [2.05, 4.69) is 14.5 Å². The molecule has 0 aromatic heterocycles. The van der Waals surface area contributed by atoms with Gasteiger partial charge < -0.3 is 19.6 Å². The van der Waals surface area contributed by atoms with Gasteiger partial charge in [-0.05, 0) is 20.3 Å². The van der Waals surface area contributed by atoms with Crippen molar-refractivity contribution in [2.75, 3.05) is 46.4 Å². The largest absolute Gasteiger partial charge is 0.469 e. The van der Waals surface area contributed by atoms with E-state index in [0.717, 1.165) is 45.7 Å². The van der Waals surface area contributed by atoms with Gasteiger partial charge >= 0.3 is 5.97 Å². The summed E-state index contributed by atoms with van der Waals surface area (Å²) in [5, 5.41) is 9.68. The van der Waals surface area contributed by atoms with E-state index in [4.69, 9.17) is 0 Å². The number of carbonyl (C=O) groups is 1. The van der Waals surface area contributed by atoms with Crippen LogP contribution in [0.2, 0.25) is 0 Å². The number of ether oxygens (including phenoxy) is 1. The summed E-state index contributed by atoms with van der Waals surface area (Å²) in [5.74, 6) is -0.139. The van der Waals surface area contributed by atoms with Gasteiger partial charge in [-0.2, -0.15) is 0 Å². The zero-order chi connectivity index (χ0) is 13.6. The molecule has 1 rings (SSSR count). The Morgan fingerprint density at radius 2 is 1.67 bits per heavy atom. The molecule has 18 heavy (non-hydrogen) atoms. The van der Waals surface area contributed by atoms with E-state index in [-0.39, 0.29) is 5.97 Å². The first kappa shape index (κ1) is 15.4. The Bertz CT molecular complexity index is 255. The van der Waals surface area contributed by atoms with E-state index in [9.17, 15) is 9.90 Å². The normalized spacial score (nSPS) is 18.9.